The summed E-state index contributed by atoms with van der Waals surface area (Å²) in [7, 11) is 0. The van der Waals surface area contributed by atoms with Crippen molar-refractivity contribution in [1.29, 1.82) is 0 Å². The molecule has 20 heavy (non-hydrogen) atoms. The average Bonchev–Trinajstić information content (AvgIpc) is 2.83. The van der Waals surface area contributed by atoms with Crippen molar-refractivity contribution in [2.24, 2.45) is 0 Å². The van der Waals surface area contributed by atoms with Crippen LogP contribution in [0.15, 0.2) is 5.38 Å². The number of hydrogen-bond acceptors (Lipinski definition) is 5. The molecule has 1 heterocycles. The lowest BCUT2D eigenvalue weighted by Gasteiger charge is -2.27. The first-order chi connectivity index (χ1) is 9.41. The van der Waals surface area contributed by atoms with Gasteiger partial charge in [0.1, 0.15) is 5.01 Å². The van der Waals surface area contributed by atoms with Gasteiger partial charge in [-0.3, -0.25) is 15.4 Å². The van der Waals surface area contributed by atoms with Gasteiger partial charge in [-0.2, -0.15) is 0 Å². The Balaban J connectivity index is 2.57. The molecule has 0 fully saturated rings. The monoisotopic (exact) mass is 298 g/mol. The summed E-state index contributed by atoms with van der Waals surface area (Å²) in [6, 6.07) is -0.470. The van der Waals surface area contributed by atoms with Crippen molar-refractivity contribution in [1.82, 2.24) is 20.9 Å². The molecule has 0 saturated heterocycles. The largest absolute Gasteiger partial charge is 0.338 e. The Kier molecular flexibility index (Phi) is 6.09. The van der Waals surface area contributed by atoms with Crippen molar-refractivity contribution in [3.63, 3.8) is 0 Å². The molecule has 0 unspecified atom stereocenters. The molecule has 7 heteroatoms. The van der Waals surface area contributed by atoms with Gasteiger partial charge in [0.25, 0.3) is 0 Å². The number of carbonyl (C=O) groups is 2. The van der Waals surface area contributed by atoms with Crippen LogP contribution in [0.4, 0.5) is 4.79 Å². The number of thiazole rings is 1. The van der Waals surface area contributed by atoms with Gasteiger partial charge in [-0.25, -0.2) is 9.78 Å². The highest BCUT2D eigenvalue weighted by molar-refractivity contribution is 7.09. The van der Waals surface area contributed by atoms with Gasteiger partial charge < -0.3 is 5.32 Å². The quantitative estimate of drug-likeness (QED) is 0.743. The summed E-state index contributed by atoms with van der Waals surface area (Å²) in [5.74, 6) is -0.357. The highest BCUT2D eigenvalue weighted by atomic mass is 32.1. The maximum absolute atomic E-state index is 11.7. The molecule has 1 rings (SSSR count). The number of aromatic nitrogens is 1. The Morgan fingerprint density at radius 2 is 2.10 bits per heavy atom. The van der Waals surface area contributed by atoms with Crippen LogP contribution in [0.1, 0.15) is 37.9 Å². The van der Waals surface area contributed by atoms with E-state index >= 15 is 0 Å². The van der Waals surface area contributed by atoms with E-state index < -0.39 is 6.03 Å². The summed E-state index contributed by atoms with van der Waals surface area (Å²) in [5, 5.41) is 10.9. The highest BCUT2D eigenvalue weighted by Crippen LogP contribution is 2.27. The van der Waals surface area contributed by atoms with Crippen LogP contribution >= 0.6 is 11.3 Å². The summed E-state index contributed by atoms with van der Waals surface area (Å²) in [6.07, 6.45) is 0.800. The maximum Gasteiger partial charge on any atom is 0.321 e. The standard InChI is InChI=1S/C13H22N4O2S/c1-5-13(4,11-16-9(3)8-20-11)15-7-10(18)17-12(19)14-6-2/h8,15H,5-7H2,1-4H3,(H2,14,17,18,19)/t13-/m0/s1. The molecule has 1 aromatic heterocycles. The molecule has 0 aliphatic heterocycles. The molecule has 0 aromatic carbocycles. The van der Waals surface area contributed by atoms with Gasteiger partial charge in [0.2, 0.25) is 5.91 Å². The average molecular weight is 298 g/mol. The molecule has 3 amide bonds. The first-order valence-corrected chi connectivity index (χ1v) is 7.54. The van der Waals surface area contributed by atoms with Gasteiger partial charge in [-0.15, -0.1) is 11.3 Å². The number of hydrogen-bond donors (Lipinski definition) is 3. The summed E-state index contributed by atoms with van der Waals surface area (Å²) >= 11 is 1.57. The third kappa shape index (κ3) is 4.57. The van der Waals surface area contributed by atoms with E-state index in [1.807, 2.05) is 26.2 Å². The van der Waals surface area contributed by atoms with Crippen molar-refractivity contribution in [2.75, 3.05) is 13.1 Å². The van der Waals surface area contributed by atoms with Gasteiger partial charge in [0, 0.05) is 17.6 Å². The molecule has 3 N–H and O–H groups in total. The normalized spacial score (nSPS) is 13.6. The number of rotatable bonds is 6. The second kappa shape index (κ2) is 7.35. The molecule has 0 aliphatic rings. The number of nitrogens with one attached hydrogen (secondary N) is 3. The second-order valence-corrected chi connectivity index (χ2v) is 5.60. The molecule has 6 nitrogen and oxygen atoms in total. The smallest absolute Gasteiger partial charge is 0.321 e. The minimum Gasteiger partial charge on any atom is -0.338 e. The number of carbonyl (C=O) groups excluding carboxylic acids is 2. The first kappa shape index (κ1) is 16.6. The lowest BCUT2D eigenvalue weighted by atomic mass is 10.00. The maximum atomic E-state index is 11.7. The van der Waals surface area contributed by atoms with E-state index in [1.165, 1.54) is 0 Å². The topological polar surface area (TPSA) is 83.1 Å². The summed E-state index contributed by atoms with van der Waals surface area (Å²) in [6.45, 7) is 8.33. The van der Waals surface area contributed by atoms with Crippen LogP contribution in [-0.4, -0.2) is 30.0 Å². The molecule has 1 aromatic rings. The van der Waals surface area contributed by atoms with Crippen molar-refractivity contribution in [2.45, 2.75) is 39.7 Å². The van der Waals surface area contributed by atoms with Gasteiger partial charge >= 0.3 is 6.03 Å². The number of aryl methyl sites for hydroxylation is 1. The molecule has 0 spiro atoms. The van der Waals surface area contributed by atoms with Crippen LogP contribution in [-0.2, 0) is 10.3 Å². The third-order valence-corrected chi connectivity index (χ3v) is 4.25. The Hall–Kier alpha value is -1.47. The lowest BCUT2D eigenvalue weighted by molar-refractivity contribution is -0.119. The summed E-state index contributed by atoms with van der Waals surface area (Å²) in [4.78, 5) is 27.4. The van der Waals surface area contributed by atoms with Crippen LogP contribution in [0.5, 0.6) is 0 Å². The predicted octanol–water partition coefficient (Wildman–Crippen LogP) is 1.51. The number of urea groups is 1. The zero-order chi connectivity index (χ0) is 15.2. The number of amides is 3. The molecule has 0 bridgehead atoms. The van der Waals surface area contributed by atoms with Gasteiger partial charge in [-0.05, 0) is 27.2 Å². The van der Waals surface area contributed by atoms with Crippen LogP contribution in [0.25, 0.3) is 0 Å². The van der Waals surface area contributed by atoms with E-state index in [-0.39, 0.29) is 18.0 Å². The fourth-order valence-corrected chi connectivity index (χ4v) is 2.62. The molecule has 112 valence electrons. The highest BCUT2D eigenvalue weighted by Gasteiger charge is 2.28. The molecule has 0 radical (unpaired) electrons. The molecule has 1 atom stereocenters. The molecular weight excluding hydrogens is 276 g/mol. The summed E-state index contributed by atoms with van der Waals surface area (Å²) < 4.78 is 0. The van der Waals surface area contributed by atoms with Crippen molar-refractivity contribution >= 4 is 23.3 Å². The number of imide groups is 1. The Labute approximate surface area is 123 Å². The fourth-order valence-electron chi connectivity index (χ4n) is 1.61. The molecular formula is C13H22N4O2S. The SMILES string of the molecule is CCNC(=O)NC(=O)CN[C@@](C)(CC)c1nc(C)cs1. The van der Waals surface area contributed by atoms with E-state index in [1.54, 1.807) is 18.3 Å². The van der Waals surface area contributed by atoms with E-state index in [2.05, 4.69) is 20.9 Å². The van der Waals surface area contributed by atoms with Crippen LogP contribution in [0.2, 0.25) is 0 Å². The first-order valence-electron chi connectivity index (χ1n) is 6.66. The molecule has 0 aliphatic carbocycles. The Morgan fingerprint density at radius 1 is 1.40 bits per heavy atom. The van der Waals surface area contributed by atoms with Crippen molar-refractivity contribution in [3.05, 3.63) is 16.1 Å². The zero-order valence-corrected chi connectivity index (χ0v) is 13.2. The minimum absolute atomic E-state index is 0.0695. The molecule has 0 saturated carbocycles. The number of nitrogens with zero attached hydrogens (tertiary/aromatic N) is 1. The van der Waals surface area contributed by atoms with E-state index in [9.17, 15) is 9.59 Å². The predicted molar refractivity (Wildman–Crippen MR) is 79.7 cm³/mol. The van der Waals surface area contributed by atoms with Crippen LogP contribution in [0, 0.1) is 6.92 Å². The second-order valence-electron chi connectivity index (χ2n) is 4.74. The van der Waals surface area contributed by atoms with Crippen LogP contribution in [0.3, 0.4) is 0 Å². The third-order valence-electron chi connectivity index (χ3n) is 3.03. The fraction of sp³-hybridized carbons (Fsp3) is 0.615. The Morgan fingerprint density at radius 3 is 2.60 bits per heavy atom. The summed E-state index contributed by atoms with van der Waals surface area (Å²) in [5.41, 5.74) is 0.607. The van der Waals surface area contributed by atoms with Gasteiger partial charge in [-0.1, -0.05) is 6.92 Å². The Bertz CT molecular complexity index is 475. The van der Waals surface area contributed by atoms with Crippen LogP contribution < -0.4 is 16.0 Å². The van der Waals surface area contributed by atoms with Gasteiger partial charge in [0.05, 0.1) is 12.1 Å². The van der Waals surface area contributed by atoms with Gasteiger partial charge in [0.15, 0.2) is 0 Å². The minimum atomic E-state index is -0.470. The van der Waals surface area contributed by atoms with Crippen molar-refractivity contribution < 1.29 is 9.59 Å². The van der Waals surface area contributed by atoms with Crippen molar-refractivity contribution in [3.8, 4) is 0 Å². The van der Waals surface area contributed by atoms with E-state index in [4.69, 9.17) is 0 Å². The van der Waals surface area contributed by atoms with E-state index in [0.29, 0.717) is 6.54 Å². The van der Waals surface area contributed by atoms with E-state index in [0.717, 1.165) is 17.1 Å². The lowest BCUT2D eigenvalue weighted by Crippen LogP contribution is -2.48. The zero-order valence-electron chi connectivity index (χ0n) is 12.4.